The number of hydrogen-bond acceptors (Lipinski definition) is 7. The van der Waals surface area contributed by atoms with Crippen LogP contribution in [0.4, 0.5) is 5.13 Å². The van der Waals surface area contributed by atoms with Crippen LogP contribution >= 0.6 is 23.3 Å². The first-order valence-corrected chi connectivity index (χ1v) is 11.4. The summed E-state index contributed by atoms with van der Waals surface area (Å²) in [6.45, 7) is 0. The Hall–Kier alpha value is -2.27. The maximum atomic E-state index is 12.4. The summed E-state index contributed by atoms with van der Waals surface area (Å²) < 4.78 is 29.5. The topological polar surface area (TPSA) is 92.3 Å². The summed E-state index contributed by atoms with van der Waals surface area (Å²) in [4.78, 5) is 16.8. The predicted molar refractivity (Wildman–Crippen MR) is 111 cm³/mol. The average Bonchev–Trinajstić information content (AvgIpc) is 3.14. The number of hydrogen-bond donors (Lipinski definition) is 1. The van der Waals surface area contributed by atoms with Gasteiger partial charge in [0, 0.05) is 36.9 Å². The minimum Gasteiger partial charge on any atom is -0.297 e. The summed E-state index contributed by atoms with van der Waals surface area (Å²) in [6.07, 6.45) is 0. The molecule has 0 saturated heterocycles. The monoisotopic (exact) mass is 434 g/mol. The zero-order valence-corrected chi connectivity index (χ0v) is 17.6. The van der Waals surface area contributed by atoms with Gasteiger partial charge in [0.15, 0.2) is 0 Å². The third-order valence-electron chi connectivity index (χ3n) is 3.73. The van der Waals surface area contributed by atoms with E-state index >= 15 is 0 Å². The predicted octanol–water partition coefficient (Wildman–Crippen LogP) is 3.33. The largest absolute Gasteiger partial charge is 0.297 e. The molecule has 3 rings (SSSR count). The third-order valence-corrected chi connectivity index (χ3v) is 7.23. The van der Waals surface area contributed by atoms with Crippen LogP contribution < -0.4 is 5.32 Å². The number of amides is 1. The molecule has 0 bridgehead atoms. The van der Waals surface area contributed by atoms with E-state index in [1.54, 1.807) is 0 Å². The van der Waals surface area contributed by atoms with E-state index in [0.29, 0.717) is 15.9 Å². The van der Waals surface area contributed by atoms with Gasteiger partial charge in [-0.25, -0.2) is 12.7 Å². The van der Waals surface area contributed by atoms with E-state index in [0.717, 1.165) is 21.6 Å². The molecule has 1 aromatic heterocycles. The number of nitrogens with zero attached hydrogens (tertiary/aromatic N) is 3. The van der Waals surface area contributed by atoms with Crippen LogP contribution in [0, 0.1) is 0 Å². The molecule has 7 nitrogen and oxygen atoms in total. The number of nitrogens with one attached hydrogen (secondary N) is 1. The Morgan fingerprint density at radius 1 is 1.11 bits per heavy atom. The van der Waals surface area contributed by atoms with E-state index in [1.807, 2.05) is 30.3 Å². The highest BCUT2D eigenvalue weighted by Crippen LogP contribution is 2.24. The Balaban J connectivity index is 1.61. The van der Waals surface area contributed by atoms with Gasteiger partial charge in [-0.2, -0.15) is 9.36 Å². The molecule has 0 atom stereocenters. The van der Waals surface area contributed by atoms with E-state index in [1.165, 1.54) is 55.7 Å². The van der Waals surface area contributed by atoms with Gasteiger partial charge in [0.1, 0.15) is 0 Å². The number of carbonyl (C=O) groups is 1. The van der Waals surface area contributed by atoms with E-state index in [9.17, 15) is 13.2 Å². The average molecular weight is 435 g/mol. The molecule has 146 valence electrons. The van der Waals surface area contributed by atoms with Crippen LogP contribution in [0.5, 0.6) is 0 Å². The third kappa shape index (κ3) is 4.96. The Labute approximate surface area is 172 Å². The van der Waals surface area contributed by atoms with Gasteiger partial charge in [0.25, 0.3) is 5.91 Å². The highest BCUT2D eigenvalue weighted by atomic mass is 32.2. The second-order valence-corrected chi connectivity index (χ2v) is 9.77. The van der Waals surface area contributed by atoms with Gasteiger partial charge in [-0.15, -0.1) is 0 Å². The fourth-order valence-corrected chi connectivity index (χ4v) is 4.60. The number of thioether (sulfide) groups is 1. The van der Waals surface area contributed by atoms with Crippen LogP contribution in [0.2, 0.25) is 0 Å². The summed E-state index contributed by atoms with van der Waals surface area (Å²) in [6, 6.07) is 15.7. The number of sulfonamides is 1. The number of carbonyl (C=O) groups excluding carboxylic acids is 1. The first-order chi connectivity index (χ1) is 13.4. The van der Waals surface area contributed by atoms with Crippen LogP contribution in [0.3, 0.4) is 0 Å². The number of rotatable bonds is 7. The Bertz CT molecular complexity index is 1050. The van der Waals surface area contributed by atoms with Crippen LogP contribution in [-0.4, -0.2) is 42.1 Å². The Kier molecular flexibility index (Phi) is 6.45. The summed E-state index contributed by atoms with van der Waals surface area (Å²) >= 11 is 2.59. The van der Waals surface area contributed by atoms with Crippen LogP contribution in [-0.2, 0) is 15.8 Å². The van der Waals surface area contributed by atoms with Crippen LogP contribution in [0.25, 0.3) is 0 Å². The molecule has 0 unspecified atom stereocenters. The molecule has 1 amide bonds. The molecule has 0 fully saturated rings. The van der Waals surface area contributed by atoms with Gasteiger partial charge in [-0.3, -0.25) is 10.1 Å². The fraction of sp³-hybridized carbons (Fsp3) is 0.167. The number of anilines is 1. The minimum atomic E-state index is -3.53. The highest BCUT2D eigenvalue weighted by Gasteiger charge is 2.18. The van der Waals surface area contributed by atoms with Crippen LogP contribution in [0.15, 0.2) is 64.6 Å². The van der Waals surface area contributed by atoms with Crippen molar-refractivity contribution < 1.29 is 13.2 Å². The van der Waals surface area contributed by atoms with Crippen molar-refractivity contribution in [2.45, 2.75) is 15.8 Å². The van der Waals surface area contributed by atoms with E-state index < -0.39 is 10.0 Å². The normalized spacial score (nSPS) is 11.5. The second-order valence-electron chi connectivity index (χ2n) is 5.92. The maximum absolute atomic E-state index is 12.4. The molecule has 3 aromatic rings. The smallest absolute Gasteiger partial charge is 0.257 e. The SMILES string of the molecule is CN(C)S(=O)(=O)c1ccc(C(=O)Nc2nc(SCc3ccccc3)ns2)cc1. The molecule has 1 N–H and O–H groups in total. The van der Waals surface area contributed by atoms with Crippen LogP contribution in [0.1, 0.15) is 15.9 Å². The molecule has 0 spiro atoms. The highest BCUT2D eigenvalue weighted by molar-refractivity contribution is 7.98. The molecule has 0 aliphatic rings. The summed E-state index contributed by atoms with van der Waals surface area (Å²) in [5, 5.41) is 3.68. The summed E-state index contributed by atoms with van der Waals surface area (Å²) in [7, 11) is -0.611. The van der Waals surface area contributed by atoms with Crippen molar-refractivity contribution in [3.63, 3.8) is 0 Å². The van der Waals surface area contributed by atoms with Gasteiger partial charge in [-0.1, -0.05) is 42.1 Å². The molecule has 1 heterocycles. The van der Waals surface area contributed by atoms with Gasteiger partial charge in [0.2, 0.25) is 20.3 Å². The first kappa shape index (κ1) is 20.5. The number of aromatic nitrogens is 2. The molecule has 0 aliphatic carbocycles. The van der Waals surface area contributed by atoms with Gasteiger partial charge < -0.3 is 0 Å². The van der Waals surface area contributed by atoms with E-state index in [-0.39, 0.29) is 10.8 Å². The van der Waals surface area contributed by atoms with Crippen molar-refractivity contribution in [2.75, 3.05) is 19.4 Å². The maximum Gasteiger partial charge on any atom is 0.257 e. The minimum absolute atomic E-state index is 0.129. The molecule has 28 heavy (non-hydrogen) atoms. The fourth-order valence-electron chi connectivity index (χ4n) is 2.20. The van der Waals surface area contributed by atoms with Crippen molar-refractivity contribution >= 4 is 44.4 Å². The molecule has 10 heteroatoms. The molecular weight excluding hydrogens is 416 g/mol. The number of benzene rings is 2. The Morgan fingerprint density at radius 3 is 2.43 bits per heavy atom. The zero-order valence-electron chi connectivity index (χ0n) is 15.2. The molecule has 0 aliphatic heterocycles. The first-order valence-electron chi connectivity index (χ1n) is 8.20. The Morgan fingerprint density at radius 2 is 1.79 bits per heavy atom. The summed E-state index contributed by atoms with van der Waals surface area (Å²) in [5.41, 5.74) is 1.51. The zero-order chi connectivity index (χ0) is 20.1. The lowest BCUT2D eigenvalue weighted by Gasteiger charge is -2.11. The van der Waals surface area contributed by atoms with Crippen molar-refractivity contribution in [1.82, 2.24) is 13.7 Å². The van der Waals surface area contributed by atoms with Crippen molar-refractivity contribution in [3.05, 3.63) is 65.7 Å². The van der Waals surface area contributed by atoms with Crippen molar-refractivity contribution in [3.8, 4) is 0 Å². The van der Waals surface area contributed by atoms with Crippen molar-refractivity contribution in [2.24, 2.45) is 0 Å². The lowest BCUT2D eigenvalue weighted by Crippen LogP contribution is -2.22. The molecule has 0 saturated carbocycles. The van der Waals surface area contributed by atoms with E-state index in [4.69, 9.17) is 0 Å². The van der Waals surface area contributed by atoms with Gasteiger partial charge >= 0.3 is 0 Å². The van der Waals surface area contributed by atoms with Gasteiger partial charge in [-0.05, 0) is 29.8 Å². The van der Waals surface area contributed by atoms with Crippen molar-refractivity contribution in [1.29, 1.82) is 0 Å². The molecule has 0 radical (unpaired) electrons. The second kappa shape index (κ2) is 8.82. The quantitative estimate of drug-likeness (QED) is 0.574. The lowest BCUT2D eigenvalue weighted by atomic mass is 10.2. The van der Waals surface area contributed by atoms with Gasteiger partial charge in [0.05, 0.1) is 4.90 Å². The standard InChI is InChI=1S/C18H18N4O3S3/c1-22(2)28(24,25)15-10-8-14(9-11-15)16(23)19-17-20-18(21-27-17)26-12-13-6-4-3-5-7-13/h3-11H,12H2,1-2H3,(H,19,20,21,23). The summed E-state index contributed by atoms with van der Waals surface area (Å²) in [5.74, 6) is 0.372. The lowest BCUT2D eigenvalue weighted by molar-refractivity contribution is 0.102. The molecular formula is C18H18N4O3S3. The molecule has 2 aromatic carbocycles. The van der Waals surface area contributed by atoms with E-state index in [2.05, 4.69) is 14.7 Å².